The van der Waals surface area contributed by atoms with Gasteiger partial charge in [0.05, 0.1) is 16.7 Å². The number of aromatic nitrogens is 4. The Labute approximate surface area is 360 Å². The van der Waals surface area contributed by atoms with Crippen LogP contribution in [0.1, 0.15) is 0 Å². The van der Waals surface area contributed by atoms with E-state index in [1.165, 1.54) is 57.9 Å². The summed E-state index contributed by atoms with van der Waals surface area (Å²) in [5, 5.41) is 12.0. The van der Waals surface area contributed by atoms with Crippen molar-refractivity contribution in [3.63, 3.8) is 0 Å². The van der Waals surface area contributed by atoms with Gasteiger partial charge in [0, 0.05) is 47.6 Å². The molecule has 0 N–H and O–H groups in total. The van der Waals surface area contributed by atoms with Gasteiger partial charge in [-0.15, -0.1) is 11.3 Å². The van der Waals surface area contributed by atoms with Crippen molar-refractivity contribution in [1.82, 2.24) is 19.5 Å². The fourth-order valence-corrected chi connectivity index (χ4v) is 10.7. The Bertz CT molecular complexity index is 3940. The van der Waals surface area contributed by atoms with Crippen molar-refractivity contribution >= 4 is 85.6 Å². The van der Waals surface area contributed by atoms with Crippen molar-refractivity contribution in [1.29, 1.82) is 0 Å². The summed E-state index contributed by atoms with van der Waals surface area (Å²) in [6.45, 7) is 0. The predicted octanol–water partition coefficient (Wildman–Crippen LogP) is 15.5. The van der Waals surface area contributed by atoms with Crippen LogP contribution >= 0.6 is 11.3 Å². The second-order valence-electron chi connectivity index (χ2n) is 16.0. The number of benzene rings is 10. The molecule has 10 aromatic carbocycles. The maximum absolute atomic E-state index is 5.47. The first-order valence-corrected chi connectivity index (χ1v) is 21.7. The largest absolute Gasteiger partial charge is 0.308 e. The molecule has 0 aliphatic rings. The van der Waals surface area contributed by atoms with Gasteiger partial charge in [0.15, 0.2) is 17.5 Å². The molecule has 4 nitrogen and oxygen atoms in total. The topological polar surface area (TPSA) is 43.6 Å². The summed E-state index contributed by atoms with van der Waals surface area (Å²) in [7, 11) is 0. The van der Waals surface area contributed by atoms with E-state index in [2.05, 4.69) is 211 Å². The molecule has 5 heteroatoms. The highest BCUT2D eigenvalue weighted by Gasteiger charge is 2.24. The molecule has 0 bridgehead atoms. The molecule has 0 fully saturated rings. The van der Waals surface area contributed by atoms with Gasteiger partial charge in [-0.25, -0.2) is 15.0 Å². The molecule has 13 rings (SSSR count). The van der Waals surface area contributed by atoms with Crippen LogP contribution < -0.4 is 0 Å². The average molecular weight is 807 g/mol. The van der Waals surface area contributed by atoms with E-state index < -0.39 is 0 Å². The second kappa shape index (κ2) is 13.8. The number of thiophene rings is 1. The normalized spacial score (nSPS) is 11.9. The fraction of sp³-hybridized carbons (Fsp3) is 0. The Hall–Kier alpha value is -7.99. The summed E-state index contributed by atoms with van der Waals surface area (Å²) in [5.41, 5.74) is 8.37. The molecular formula is C57H34N4S. The van der Waals surface area contributed by atoms with Crippen LogP contribution in [0.15, 0.2) is 206 Å². The Balaban J connectivity index is 1.16. The summed E-state index contributed by atoms with van der Waals surface area (Å²) in [6.07, 6.45) is 0. The maximum atomic E-state index is 5.47. The zero-order valence-corrected chi connectivity index (χ0v) is 34.1. The monoisotopic (exact) mass is 806 g/mol. The van der Waals surface area contributed by atoms with Crippen molar-refractivity contribution in [2.24, 2.45) is 0 Å². The lowest BCUT2D eigenvalue weighted by molar-refractivity contribution is 1.07. The third-order valence-corrected chi connectivity index (χ3v) is 13.6. The molecule has 62 heavy (non-hydrogen) atoms. The van der Waals surface area contributed by atoms with Gasteiger partial charge in [0.1, 0.15) is 0 Å². The van der Waals surface area contributed by atoms with E-state index in [4.69, 9.17) is 15.0 Å². The third kappa shape index (κ3) is 5.49. The van der Waals surface area contributed by atoms with E-state index in [9.17, 15) is 0 Å². The van der Waals surface area contributed by atoms with Gasteiger partial charge in [0.25, 0.3) is 0 Å². The molecule has 0 aliphatic carbocycles. The molecule has 288 valence electrons. The number of rotatable bonds is 5. The zero-order chi connectivity index (χ0) is 40.7. The Morgan fingerprint density at radius 3 is 1.77 bits per heavy atom. The van der Waals surface area contributed by atoms with E-state index in [1.807, 2.05) is 11.3 Å². The van der Waals surface area contributed by atoms with E-state index in [0.29, 0.717) is 17.5 Å². The minimum absolute atomic E-state index is 0.618. The lowest BCUT2D eigenvalue weighted by Crippen LogP contribution is -2.04. The summed E-state index contributed by atoms with van der Waals surface area (Å²) >= 11 is 1.85. The van der Waals surface area contributed by atoms with E-state index in [-0.39, 0.29) is 0 Å². The predicted molar refractivity (Wildman–Crippen MR) is 261 cm³/mol. The van der Waals surface area contributed by atoms with Gasteiger partial charge in [-0.3, -0.25) is 0 Å². The first-order chi connectivity index (χ1) is 30.7. The average Bonchev–Trinajstić information content (AvgIpc) is 3.89. The minimum Gasteiger partial charge on any atom is -0.308 e. The van der Waals surface area contributed by atoms with Crippen LogP contribution in [0.3, 0.4) is 0 Å². The first kappa shape index (κ1) is 34.8. The van der Waals surface area contributed by atoms with Crippen molar-refractivity contribution < 1.29 is 0 Å². The number of hydrogen-bond acceptors (Lipinski definition) is 4. The van der Waals surface area contributed by atoms with Gasteiger partial charge < -0.3 is 4.57 Å². The zero-order valence-electron chi connectivity index (χ0n) is 33.3. The van der Waals surface area contributed by atoms with Gasteiger partial charge in [-0.05, 0) is 85.9 Å². The van der Waals surface area contributed by atoms with Crippen LogP contribution in [0.25, 0.3) is 125 Å². The molecule has 0 spiro atoms. The van der Waals surface area contributed by atoms with Crippen molar-refractivity contribution in [3.8, 4) is 51.0 Å². The third-order valence-electron chi connectivity index (χ3n) is 12.4. The van der Waals surface area contributed by atoms with Crippen LogP contribution in [0.2, 0.25) is 0 Å². The van der Waals surface area contributed by atoms with Gasteiger partial charge in [-0.2, -0.15) is 0 Å². The van der Waals surface area contributed by atoms with Crippen LogP contribution in [0.4, 0.5) is 0 Å². The van der Waals surface area contributed by atoms with Gasteiger partial charge >= 0.3 is 0 Å². The number of para-hydroxylation sites is 1. The van der Waals surface area contributed by atoms with Crippen molar-refractivity contribution in [3.05, 3.63) is 206 Å². The van der Waals surface area contributed by atoms with E-state index >= 15 is 0 Å². The minimum atomic E-state index is 0.618. The maximum Gasteiger partial charge on any atom is 0.166 e. The summed E-state index contributed by atoms with van der Waals surface area (Å²) < 4.78 is 4.96. The van der Waals surface area contributed by atoms with Crippen LogP contribution in [0.5, 0.6) is 0 Å². The highest BCUT2D eigenvalue weighted by Crippen LogP contribution is 2.47. The molecule has 3 heterocycles. The van der Waals surface area contributed by atoms with Crippen molar-refractivity contribution in [2.75, 3.05) is 0 Å². The van der Waals surface area contributed by atoms with Crippen molar-refractivity contribution in [2.45, 2.75) is 0 Å². The standard InChI is InChI=1S/C57H34N4S/c1-2-13-35(14-3-1)39-20-12-21-42(31-39)55-58-56(43-26-25-36-15-4-5-17-38(36)32-43)60-57(59-55)47-29-30-51-52(46-28-27-37-16-8-9-22-44(37)54(46)62-51)53(47)61-49-24-11-10-23-45(49)48-33-40-18-6-7-19-41(40)34-50(48)61/h1-34H. The molecule has 0 unspecified atom stereocenters. The number of nitrogens with zero attached hydrogens (tertiary/aromatic N) is 4. The Morgan fingerprint density at radius 1 is 0.339 bits per heavy atom. The lowest BCUT2D eigenvalue weighted by Gasteiger charge is -2.17. The summed E-state index contributed by atoms with van der Waals surface area (Å²) in [4.78, 5) is 16.2. The number of fused-ring (bicyclic) bond motifs is 10. The molecule has 13 aromatic rings. The summed E-state index contributed by atoms with van der Waals surface area (Å²) in [6, 6.07) is 73.9. The molecule has 0 aliphatic heterocycles. The van der Waals surface area contributed by atoms with Gasteiger partial charge in [-0.1, -0.05) is 164 Å². The van der Waals surface area contributed by atoms with Crippen LogP contribution in [-0.4, -0.2) is 19.5 Å². The molecule has 0 saturated heterocycles. The highest BCUT2D eigenvalue weighted by atomic mass is 32.1. The SMILES string of the molecule is c1ccc(-c2cccc(-c3nc(-c4ccc5ccccc5c4)nc(-c4ccc5sc6c7ccccc7ccc6c5c4-n4c5ccccc5c5cc6ccccc6cc54)n3)c2)cc1. The van der Waals surface area contributed by atoms with Crippen LogP contribution in [0, 0.1) is 0 Å². The molecule has 0 atom stereocenters. The van der Waals surface area contributed by atoms with Crippen LogP contribution in [-0.2, 0) is 0 Å². The number of hydrogen-bond donors (Lipinski definition) is 0. The summed E-state index contributed by atoms with van der Waals surface area (Å²) in [5.74, 6) is 1.87. The highest BCUT2D eigenvalue weighted by molar-refractivity contribution is 7.26. The molecule has 0 saturated carbocycles. The Morgan fingerprint density at radius 2 is 0.952 bits per heavy atom. The van der Waals surface area contributed by atoms with Gasteiger partial charge in [0.2, 0.25) is 0 Å². The quantitative estimate of drug-likeness (QED) is 0.174. The Kier molecular flexibility index (Phi) is 7.74. The smallest absolute Gasteiger partial charge is 0.166 e. The lowest BCUT2D eigenvalue weighted by atomic mass is 10.0. The fourth-order valence-electron chi connectivity index (χ4n) is 9.44. The molecule has 0 amide bonds. The molecule has 0 radical (unpaired) electrons. The van der Waals surface area contributed by atoms with E-state index in [0.717, 1.165) is 49.9 Å². The second-order valence-corrected chi connectivity index (χ2v) is 17.0. The molecular weight excluding hydrogens is 773 g/mol. The van der Waals surface area contributed by atoms with E-state index in [1.54, 1.807) is 0 Å². The first-order valence-electron chi connectivity index (χ1n) is 20.9. The molecule has 3 aromatic heterocycles.